The third kappa shape index (κ3) is 1.63. The van der Waals surface area contributed by atoms with Crippen LogP contribution < -0.4 is 5.43 Å². The number of nitrogens with zero attached hydrogens (tertiary/aromatic N) is 1. The lowest BCUT2D eigenvalue weighted by atomic mass is 10.1. The molecule has 1 saturated carbocycles. The minimum atomic E-state index is 0.687. The smallest absolute Gasteiger partial charge is 0.0427 e. The zero-order chi connectivity index (χ0) is 8.39. The van der Waals surface area contributed by atoms with Gasteiger partial charge in [-0.2, -0.15) is 0 Å². The summed E-state index contributed by atoms with van der Waals surface area (Å²) in [4.78, 5) is 0. The van der Waals surface area contributed by atoms with Gasteiger partial charge < -0.3 is 5.43 Å². The monoisotopic (exact) mass is 164 g/mol. The van der Waals surface area contributed by atoms with Crippen LogP contribution in [0.2, 0.25) is 0 Å². The SMILES string of the molecule is CC1CCC(Nn2cccc2)C1. The number of hydrogen-bond donors (Lipinski definition) is 1. The van der Waals surface area contributed by atoms with Crippen LogP contribution in [0, 0.1) is 5.92 Å². The van der Waals surface area contributed by atoms with Crippen molar-refractivity contribution in [3.05, 3.63) is 24.5 Å². The predicted octanol–water partition coefficient (Wildman–Crippen LogP) is 2.22. The molecule has 1 aromatic heterocycles. The van der Waals surface area contributed by atoms with Crippen LogP contribution in [0.25, 0.3) is 0 Å². The Morgan fingerprint density at radius 3 is 2.58 bits per heavy atom. The lowest BCUT2D eigenvalue weighted by Crippen LogP contribution is -2.24. The van der Waals surface area contributed by atoms with Crippen molar-refractivity contribution in [3.63, 3.8) is 0 Å². The van der Waals surface area contributed by atoms with E-state index in [2.05, 4.69) is 29.4 Å². The van der Waals surface area contributed by atoms with Gasteiger partial charge in [-0.3, -0.25) is 4.68 Å². The molecular formula is C10H16N2. The Bertz CT molecular complexity index is 228. The summed E-state index contributed by atoms with van der Waals surface area (Å²) >= 11 is 0. The van der Waals surface area contributed by atoms with Gasteiger partial charge in [0, 0.05) is 18.4 Å². The summed E-state index contributed by atoms with van der Waals surface area (Å²) in [5.74, 6) is 0.901. The molecule has 1 N–H and O–H groups in total. The van der Waals surface area contributed by atoms with E-state index in [4.69, 9.17) is 0 Å². The van der Waals surface area contributed by atoms with Crippen LogP contribution >= 0.6 is 0 Å². The molecule has 0 saturated heterocycles. The Balaban J connectivity index is 1.88. The highest BCUT2D eigenvalue weighted by Crippen LogP contribution is 2.25. The largest absolute Gasteiger partial charge is 0.323 e. The van der Waals surface area contributed by atoms with Crippen molar-refractivity contribution in [3.8, 4) is 0 Å². The van der Waals surface area contributed by atoms with E-state index in [0.717, 1.165) is 5.92 Å². The summed E-state index contributed by atoms with van der Waals surface area (Å²) in [5, 5.41) is 0. The maximum atomic E-state index is 3.47. The van der Waals surface area contributed by atoms with Gasteiger partial charge in [-0.25, -0.2) is 0 Å². The van der Waals surface area contributed by atoms with Gasteiger partial charge in [-0.1, -0.05) is 6.92 Å². The number of hydrogen-bond acceptors (Lipinski definition) is 1. The van der Waals surface area contributed by atoms with E-state index in [1.165, 1.54) is 19.3 Å². The molecule has 66 valence electrons. The molecule has 2 unspecified atom stereocenters. The summed E-state index contributed by atoms with van der Waals surface area (Å²) < 4.78 is 2.06. The maximum absolute atomic E-state index is 3.47. The Hall–Kier alpha value is -0.920. The Morgan fingerprint density at radius 2 is 2.00 bits per heavy atom. The Labute approximate surface area is 73.6 Å². The fourth-order valence-electron chi connectivity index (χ4n) is 1.96. The van der Waals surface area contributed by atoms with Gasteiger partial charge >= 0.3 is 0 Å². The first-order chi connectivity index (χ1) is 5.84. The van der Waals surface area contributed by atoms with Crippen LogP contribution in [-0.4, -0.2) is 10.7 Å². The van der Waals surface area contributed by atoms with Crippen molar-refractivity contribution in [2.45, 2.75) is 32.2 Å². The molecule has 0 aliphatic heterocycles. The maximum Gasteiger partial charge on any atom is 0.0427 e. The second-order valence-corrected chi connectivity index (χ2v) is 3.83. The molecule has 1 fully saturated rings. The van der Waals surface area contributed by atoms with Crippen LogP contribution in [0.4, 0.5) is 0 Å². The summed E-state index contributed by atoms with van der Waals surface area (Å²) in [5.41, 5.74) is 3.47. The van der Waals surface area contributed by atoms with Crippen molar-refractivity contribution < 1.29 is 0 Å². The minimum absolute atomic E-state index is 0.687. The standard InChI is InChI=1S/C10H16N2/c1-9-4-5-10(8-9)11-12-6-2-3-7-12/h2-3,6-7,9-11H,4-5,8H2,1H3. The molecule has 2 atom stereocenters. The predicted molar refractivity (Wildman–Crippen MR) is 50.6 cm³/mol. The van der Waals surface area contributed by atoms with Crippen LogP contribution in [0.3, 0.4) is 0 Å². The van der Waals surface area contributed by atoms with Crippen LogP contribution in [0.15, 0.2) is 24.5 Å². The van der Waals surface area contributed by atoms with Gasteiger partial charge in [0.25, 0.3) is 0 Å². The number of rotatable bonds is 2. The molecule has 2 heteroatoms. The van der Waals surface area contributed by atoms with E-state index in [9.17, 15) is 0 Å². The van der Waals surface area contributed by atoms with Gasteiger partial charge in [0.15, 0.2) is 0 Å². The average Bonchev–Trinajstić information content (AvgIpc) is 2.63. The van der Waals surface area contributed by atoms with E-state index >= 15 is 0 Å². The number of nitrogens with one attached hydrogen (secondary N) is 1. The van der Waals surface area contributed by atoms with Crippen molar-refractivity contribution in [1.29, 1.82) is 0 Å². The molecule has 2 rings (SSSR count). The van der Waals surface area contributed by atoms with E-state index in [1.807, 2.05) is 12.1 Å². The van der Waals surface area contributed by atoms with E-state index in [-0.39, 0.29) is 0 Å². The highest BCUT2D eigenvalue weighted by atomic mass is 15.4. The molecule has 1 aromatic rings. The van der Waals surface area contributed by atoms with Crippen LogP contribution in [0.1, 0.15) is 26.2 Å². The van der Waals surface area contributed by atoms with Crippen molar-refractivity contribution in [1.82, 2.24) is 4.68 Å². The third-order valence-electron chi connectivity index (χ3n) is 2.63. The molecule has 1 aliphatic rings. The first kappa shape index (κ1) is 7.71. The quantitative estimate of drug-likeness (QED) is 0.709. The Kier molecular flexibility index (Phi) is 2.07. The first-order valence-corrected chi connectivity index (χ1v) is 4.74. The lowest BCUT2D eigenvalue weighted by molar-refractivity contribution is 0.586. The molecular weight excluding hydrogens is 148 g/mol. The molecule has 0 aromatic carbocycles. The zero-order valence-corrected chi connectivity index (χ0v) is 7.53. The summed E-state index contributed by atoms with van der Waals surface area (Å²) in [7, 11) is 0. The fraction of sp³-hybridized carbons (Fsp3) is 0.600. The highest BCUT2D eigenvalue weighted by Gasteiger charge is 2.20. The number of aromatic nitrogens is 1. The highest BCUT2D eigenvalue weighted by molar-refractivity contribution is 4.97. The van der Waals surface area contributed by atoms with E-state index in [0.29, 0.717) is 6.04 Å². The summed E-state index contributed by atoms with van der Waals surface area (Å²) in [6.45, 7) is 2.33. The van der Waals surface area contributed by atoms with Crippen molar-refractivity contribution in [2.24, 2.45) is 5.92 Å². The summed E-state index contributed by atoms with van der Waals surface area (Å²) in [6.07, 6.45) is 8.13. The molecule has 2 nitrogen and oxygen atoms in total. The second-order valence-electron chi connectivity index (χ2n) is 3.83. The molecule has 12 heavy (non-hydrogen) atoms. The molecule has 0 amide bonds. The molecule has 1 heterocycles. The third-order valence-corrected chi connectivity index (χ3v) is 2.63. The van der Waals surface area contributed by atoms with Gasteiger partial charge in [0.05, 0.1) is 0 Å². The van der Waals surface area contributed by atoms with E-state index < -0.39 is 0 Å². The fourth-order valence-corrected chi connectivity index (χ4v) is 1.96. The van der Waals surface area contributed by atoms with Gasteiger partial charge in [-0.05, 0) is 37.3 Å². The average molecular weight is 164 g/mol. The lowest BCUT2D eigenvalue weighted by Gasteiger charge is -2.14. The molecule has 1 aliphatic carbocycles. The van der Waals surface area contributed by atoms with Gasteiger partial charge in [0.2, 0.25) is 0 Å². The van der Waals surface area contributed by atoms with Crippen molar-refractivity contribution in [2.75, 3.05) is 5.43 Å². The van der Waals surface area contributed by atoms with Crippen molar-refractivity contribution >= 4 is 0 Å². The molecule has 0 radical (unpaired) electrons. The first-order valence-electron chi connectivity index (χ1n) is 4.74. The topological polar surface area (TPSA) is 17.0 Å². The minimum Gasteiger partial charge on any atom is -0.323 e. The van der Waals surface area contributed by atoms with Gasteiger partial charge in [0.1, 0.15) is 0 Å². The molecule has 0 bridgehead atoms. The van der Waals surface area contributed by atoms with Gasteiger partial charge in [-0.15, -0.1) is 0 Å². The van der Waals surface area contributed by atoms with E-state index in [1.54, 1.807) is 0 Å². The summed E-state index contributed by atoms with van der Waals surface area (Å²) in [6, 6.07) is 4.78. The normalized spacial score (nSPS) is 29.1. The molecule has 0 spiro atoms. The van der Waals surface area contributed by atoms with Crippen LogP contribution in [-0.2, 0) is 0 Å². The second kappa shape index (κ2) is 3.21. The zero-order valence-electron chi connectivity index (χ0n) is 7.53. The Morgan fingerprint density at radius 1 is 1.25 bits per heavy atom. The van der Waals surface area contributed by atoms with Crippen LogP contribution in [0.5, 0.6) is 0 Å².